The molecule has 1 aliphatic rings. The summed E-state index contributed by atoms with van der Waals surface area (Å²) < 4.78 is 28.9. The molecule has 1 atom stereocenters. The van der Waals surface area contributed by atoms with Crippen LogP contribution in [0.3, 0.4) is 0 Å². The van der Waals surface area contributed by atoms with Crippen LogP contribution in [0.25, 0.3) is 0 Å². The number of pyridine rings is 1. The van der Waals surface area contributed by atoms with Crippen molar-refractivity contribution < 1.29 is 18.3 Å². The van der Waals surface area contributed by atoms with E-state index in [-0.39, 0.29) is 0 Å². The van der Waals surface area contributed by atoms with E-state index >= 15 is 0 Å². The van der Waals surface area contributed by atoms with Crippen molar-refractivity contribution in [3.05, 3.63) is 12.1 Å². The van der Waals surface area contributed by atoms with Crippen molar-refractivity contribution in [2.75, 3.05) is 13.4 Å². The molecule has 1 unspecified atom stereocenters. The molecule has 0 amide bonds. The van der Waals surface area contributed by atoms with Gasteiger partial charge >= 0.3 is 7.12 Å². The minimum Gasteiger partial charge on any atom is -0.481 e. The summed E-state index contributed by atoms with van der Waals surface area (Å²) in [7, 11) is -0.278. The molecule has 0 aliphatic carbocycles. The summed E-state index contributed by atoms with van der Waals surface area (Å²) >= 11 is 0. The van der Waals surface area contributed by atoms with Crippen molar-refractivity contribution in [2.24, 2.45) is 0 Å². The Morgan fingerprint density at radius 2 is 1.75 bits per heavy atom. The molecule has 0 radical (unpaired) electrons. The molecular formula is C13H20BNO4S. The van der Waals surface area contributed by atoms with Crippen LogP contribution >= 0.6 is 0 Å². The fourth-order valence-electron chi connectivity index (χ4n) is 1.92. The highest BCUT2D eigenvalue weighted by atomic mass is 32.2. The molecule has 0 spiro atoms. The van der Waals surface area contributed by atoms with E-state index in [4.69, 9.17) is 14.0 Å². The number of hydrogen-bond acceptors (Lipinski definition) is 5. The zero-order chi connectivity index (χ0) is 15.1. The lowest BCUT2D eigenvalue weighted by atomic mass is 9.84. The Morgan fingerprint density at radius 3 is 2.20 bits per heavy atom. The Labute approximate surface area is 122 Å². The van der Waals surface area contributed by atoms with Gasteiger partial charge in [0.15, 0.2) is 0 Å². The van der Waals surface area contributed by atoms with Crippen molar-refractivity contribution >= 4 is 23.5 Å². The minimum atomic E-state index is -1.17. The third-order valence-corrected chi connectivity index (χ3v) is 4.82. The molecule has 2 heterocycles. The van der Waals surface area contributed by atoms with Gasteiger partial charge in [-0.25, -0.2) is 4.98 Å². The van der Waals surface area contributed by atoms with E-state index < -0.39 is 29.1 Å². The first kappa shape index (κ1) is 15.5. The summed E-state index contributed by atoms with van der Waals surface area (Å²) in [5.74, 6) is 0.448. The van der Waals surface area contributed by atoms with Crippen LogP contribution < -0.4 is 10.3 Å². The smallest absolute Gasteiger partial charge is 0.481 e. The average molecular weight is 297 g/mol. The summed E-state index contributed by atoms with van der Waals surface area (Å²) in [5.41, 5.74) is -0.409. The molecule has 5 nitrogen and oxygen atoms in total. The predicted octanol–water partition coefficient (Wildman–Crippen LogP) is 1.13. The van der Waals surface area contributed by atoms with Crippen molar-refractivity contribution in [1.29, 1.82) is 0 Å². The van der Waals surface area contributed by atoms with Crippen LogP contribution in [0, 0.1) is 0 Å². The van der Waals surface area contributed by atoms with Crippen LogP contribution in [0.2, 0.25) is 0 Å². The SMILES string of the molecule is COc1ccc(S(C)=O)c(B2OC(C)(C)C(C)(C)O2)n1. The largest absolute Gasteiger partial charge is 0.515 e. The molecule has 110 valence electrons. The quantitative estimate of drug-likeness (QED) is 0.783. The van der Waals surface area contributed by atoms with E-state index in [2.05, 4.69) is 4.98 Å². The Hall–Kier alpha value is -0.915. The third kappa shape index (κ3) is 2.62. The summed E-state index contributed by atoms with van der Waals surface area (Å²) in [6.45, 7) is 7.87. The van der Waals surface area contributed by atoms with Crippen LogP contribution in [0.15, 0.2) is 17.0 Å². The van der Waals surface area contributed by atoms with Crippen LogP contribution in [-0.2, 0) is 20.1 Å². The van der Waals surface area contributed by atoms with Gasteiger partial charge in [-0.15, -0.1) is 0 Å². The zero-order valence-corrected chi connectivity index (χ0v) is 13.5. The van der Waals surface area contributed by atoms with E-state index in [0.717, 1.165) is 0 Å². The van der Waals surface area contributed by atoms with Crippen LogP contribution in [-0.4, -0.2) is 40.9 Å². The first-order chi connectivity index (χ1) is 9.18. The molecule has 20 heavy (non-hydrogen) atoms. The van der Waals surface area contributed by atoms with Crippen molar-refractivity contribution in [2.45, 2.75) is 43.8 Å². The van der Waals surface area contributed by atoms with Gasteiger partial charge in [0, 0.05) is 12.3 Å². The van der Waals surface area contributed by atoms with E-state index in [1.807, 2.05) is 27.7 Å². The van der Waals surface area contributed by atoms with Gasteiger partial charge in [0.2, 0.25) is 5.88 Å². The average Bonchev–Trinajstić information content (AvgIpc) is 2.57. The third-order valence-electron chi connectivity index (χ3n) is 3.86. The van der Waals surface area contributed by atoms with Gasteiger partial charge in [-0.2, -0.15) is 0 Å². The molecule has 7 heteroatoms. The summed E-state index contributed by atoms with van der Waals surface area (Å²) in [6.07, 6.45) is 1.61. The number of hydrogen-bond donors (Lipinski definition) is 0. The molecule has 0 bridgehead atoms. The molecule has 1 aliphatic heterocycles. The van der Waals surface area contributed by atoms with E-state index in [1.165, 1.54) is 0 Å². The topological polar surface area (TPSA) is 57.7 Å². The Morgan fingerprint density at radius 1 is 1.20 bits per heavy atom. The fraction of sp³-hybridized carbons (Fsp3) is 0.615. The summed E-state index contributed by atoms with van der Waals surface area (Å²) in [4.78, 5) is 4.96. The first-order valence-electron chi connectivity index (χ1n) is 6.42. The second-order valence-corrected chi connectivity index (χ2v) is 7.13. The molecule has 2 rings (SSSR count). The number of rotatable bonds is 3. The van der Waals surface area contributed by atoms with Gasteiger partial charge in [-0.05, 0) is 33.8 Å². The lowest BCUT2D eigenvalue weighted by Gasteiger charge is -2.32. The molecule has 0 aromatic carbocycles. The van der Waals surface area contributed by atoms with Crippen LogP contribution in [0.4, 0.5) is 0 Å². The van der Waals surface area contributed by atoms with Crippen molar-refractivity contribution in [1.82, 2.24) is 4.98 Å². The van der Waals surface area contributed by atoms with Crippen molar-refractivity contribution in [3.63, 3.8) is 0 Å². The molecule has 1 aromatic rings. The Balaban J connectivity index is 2.45. The number of methoxy groups -OCH3 is 1. The van der Waals surface area contributed by atoms with Crippen molar-refractivity contribution in [3.8, 4) is 5.88 Å². The maximum Gasteiger partial charge on any atom is 0.515 e. The number of nitrogens with zero attached hydrogens (tertiary/aromatic N) is 1. The zero-order valence-electron chi connectivity index (χ0n) is 12.7. The highest BCUT2D eigenvalue weighted by Gasteiger charge is 2.53. The normalized spacial score (nSPS) is 21.8. The van der Waals surface area contributed by atoms with E-state index in [0.29, 0.717) is 16.4 Å². The minimum absolute atomic E-state index is 0.448. The highest BCUT2D eigenvalue weighted by molar-refractivity contribution is 7.84. The van der Waals surface area contributed by atoms with E-state index in [1.54, 1.807) is 25.5 Å². The van der Waals surface area contributed by atoms with Gasteiger partial charge in [-0.3, -0.25) is 4.21 Å². The Bertz CT molecular complexity index is 531. The van der Waals surface area contributed by atoms with E-state index in [9.17, 15) is 4.21 Å². The van der Waals surface area contributed by atoms with Crippen LogP contribution in [0.1, 0.15) is 27.7 Å². The maximum absolute atomic E-state index is 11.9. The second kappa shape index (κ2) is 5.13. The molecule has 1 aromatic heterocycles. The Kier molecular flexibility index (Phi) is 3.97. The van der Waals surface area contributed by atoms with Gasteiger partial charge in [0.25, 0.3) is 0 Å². The molecule has 0 N–H and O–H groups in total. The fourth-order valence-corrected chi connectivity index (χ4v) is 2.62. The van der Waals surface area contributed by atoms with Crippen LogP contribution in [0.5, 0.6) is 5.88 Å². The molecular weight excluding hydrogens is 277 g/mol. The first-order valence-corrected chi connectivity index (χ1v) is 7.98. The molecule has 0 saturated carbocycles. The lowest BCUT2D eigenvalue weighted by Crippen LogP contribution is -2.41. The maximum atomic E-state index is 11.9. The summed E-state index contributed by atoms with van der Waals surface area (Å²) in [6, 6.07) is 3.42. The van der Waals surface area contributed by atoms with Gasteiger partial charge in [0.1, 0.15) is 0 Å². The van der Waals surface area contributed by atoms with Gasteiger partial charge in [-0.1, -0.05) is 0 Å². The van der Waals surface area contributed by atoms with Gasteiger partial charge in [0.05, 0.1) is 39.6 Å². The number of ether oxygens (including phenoxy) is 1. The molecule has 1 fully saturated rings. The molecule has 1 saturated heterocycles. The second-order valence-electron chi connectivity index (χ2n) is 5.78. The highest BCUT2D eigenvalue weighted by Crippen LogP contribution is 2.36. The standard InChI is InChI=1S/C13H20BNO4S/c1-12(2)13(3,4)19-14(18-12)11-9(20(6)16)7-8-10(15-11)17-5/h7-8H,1-6H3. The van der Waals surface area contributed by atoms with Gasteiger partial charge < -0.3 is 14.0 Å². The summed E-state index contributed by atoms with van der Waals surface area (Å²) in [5, 5.41) is 0. The predicted molar refractivity (Wildman–Crippen MR) is 78.8 cm³/mol. The lowest BCUT2D eigenvalue weighted by molar-refractivity contribution is 0.00578. The number of aromatic nitrogens is 1. The monoisotopic (exact) mass is 297 g/mol.